The van der Waals surface area contributed by atoms with Crippen LogP contribution in [-0.4, -0.2) is 25.5 Å². The van der Waals surface area contributed by atoms with E-state index in [1.807, 2.05) is 0 Å². The molecule has 0 unspecified atom stereocenters. The fraction of sp³-hybridized carbons (Fsp3) is 0.333. The van der Waals surface area contributed by atoms with Crippen molar-refractivity contribution in [1.82, 2.24) is 0 Å². The summed E-state index contributed by atoms with van der Waals surface area (Å²) in [5.41, 5.74) is 0.235. The van der Waals surface area contributed by atoms with E-state index in [1.165, 1.54) is 12.1 Å². The number of esters is 1. The second kappa shape index (κ2) is 7.04. The topological polar surface area (TPSA) is 52.6 Å². The standard InChI is InChI=1S/C12H11ClF2O4/c1-2-18-10(17)5-8-3-7(6-16)4-9(13)11(8)19-12(14)15/h3-4,6,12H,2,5H2,1H3. The van der Waals surface area contributed by atoms with E-state index in [0.717, 1.165) is 0 Å². The van der Waals surface area contributed by atoms with Gasteiger partial charge in [0.15, 0.2) is 0 Å². The SMILES string of the molecule is CCOC(=O)Cc1cc(C=O)cc(Cl)c1OC(F)F. The fourth-order valence-corrected chi connectivity index (χ4v) is 1.75. The number of halogens is 3. The van der Waals surface area contributed by atoms with Crippen LogP contribution < -0.4 is 4.74 Å². The van der Waals surface area contributed by atoms with Gasteiger partial charge in [-0.05, 0) is 19.1 Å². The molecule has 0 aliphatic rings. The van der Waals surface area contributed by atoms with Gasteiger partial charge in [-0.15, -0.1) is 0 Å². The molecule has 0 N–H and O–H groups in total. The van der Waals surface area contributed by atoms with Crippen LogP contribution in [0.2, 0.25) is 5.02 Å². The number of carbonyl (C=O) groups is 2. The Labute approximate surface area is 113 Å². The lowest BCUT2D eigenvalue weighted by Gasteiger charge is -2.12. The van der Waals surface area contributed by atoms with Crippen molar-refractivity contribution in [2.24, 2.45) is 0 Å². The number of rotatable bonds is 6. The zero-order valence-corrected chi connectivity index (χ0v) is 10.7. The third kappa shape index (κ3) is 4.48. The van der Waals surface area contributed by atoms with Crippen LogP contribution in [0.1, 0.15) is 22.8 Å². The lowest BCUT2D eigenvalue weighted by molar-refractivity contribution is -0.142. The van der Waals surface area contributed by atoms with Crippen molar-refractivity contribution in [2.45, 2.75) is 20.0 Å². The highest BCUT2D eigenvalue weighted by Gasteiger charge is 2.18. The van der Waals surface area contributed by atoms with E-state index in [1.54, 1.807) is 6.92 Å². The number of benzene rings is 1. The highest BCUT2D eigenvalue weighted by molar-refractivity contribution is 6.32. The Kier molecular flexibility index (Phi) is 5.69. The van der Waals surface area contributed by atoms with E-state index in [-0.39, 0.29) is 34.9 Å². The first kappa shape index (κ1) is 15.4. The van der Waals surface area contributed by atoms with E-state index < -0.39 is 12.6 Å². The van der Waals surface area contributed by atoms with Gasteiger partial charge in [0.1, 0.15) is 12.0 Å². The van der Waals surface area contributed by atoms with E-state index in [4.69, 9.17) is 16.3 Å². The molecule has 0 fully saturated rings. The molecule has 19 heavy (non-hydrogen) atoms. The van der Waals surface area contributed by atoms with Crippen molar-refractivity contribution >= 4 is 23.9 Å². The van der Waals surface area contributed by atoms with Gasteiger partial charge in [-0.1, -0.05) is 11.6 Å². The summed E-state index contributed by atoms with van der Waals surface area (Å²) < 4.78 is 33.5. The molecule has 0 amide bonds. The van der Waals surface area contributed by atoms with Crippen molar-refractivity contribution in [2.75, 3.05) is 6.61 Å². The third-order valence-corrected chi connectivity index (χ3v) is 2.41. The molecule has 1 rings (SSSR count). The molecule has 104 valence electrons. The summed E-state index contributed by atoms with van der Waals surface area (Å²) in [6.45, 7) is -1.31. The monoisotopic (exact) mass is 292 g/mol. The van der Waals surface area contributed by atoms with E-state index in [0.29, 0.717) is 6.29 Å². The van der Waals surface area contributed by atoms with Crippen molar-refractivity contribution in [1.29, 1.82) is 0 Å². The Morgan fingerprint density at radius 1 is 1.47 bits per heavy atom. The van der Waals surface area contributed by atoms with Crippen LogP contribution in [0.4, 0.5) is 8.78 Å². The van der Waals surface area contributed by atoms with Crippen LogP contribution in [0, 0.1) is 0 Å². The van der Waals surface area contributed by atoms with Gasteiger partial charge < -0.3 is 9.47 Å². The van der Waals surface area contributed by atoms with Gasteiger partial charge in [-0.2, -0.15) is 8.78 Å². The predicted molar refractivity (Wildman–Crippen MR) is 63.8 cm³/mol. The Morgan fingerprint density at radius 2 is 2.16 bits per heavy atom. The largest absolute Gasteiger partial charge is 0.466 e. The summed E-state index contributed by atoms with van der Waals surface area (Å²) in [4.78, 5) is 22.1. The molecule has 1 aromatic rings. The average molecular weight is 293 g/mol. The number of hydrogen-bond donors (Lipinski definition) is 0. The fourth-order valence-electron chi connectivity index (χ4n) is 1.46. The molecule has 1 aromatic carbocycles. The quantitative estimate of drug-likeness (QED) is 0.597. The summed E-state index contributed by atoms with van der Waals surface area (Å²) in [5, 5.41) is -0.163. The third-order valence-electron chi connectivity index (χ3n) is 2.13. The molecule has 4 nitrogen and oxygen atoms in total. The smallest absolute Gasteiger partial charge is 0.387 e. The maximum absolute atomic E-state index is 12.3. The number of carbonyl (C=O) groups excluding carboxylic acids is 2. The number of hydrogen-bond acceptors (Lipinski definition) is 4. The van der Waals surface area contributed by atoms with E-state index >= 15 is 0 Å². The molecular weight excluding hydrogens is 282 g/mol. The van der Waals surface area contributed by atoms with Crippen LogP contribution in [0.25, 0.3) is 0 Å². The molecule has 0 radical (unpaired) electrons. The minimum atomic E-state index is -3.08. The van der Waals surface area contributed by atoms with Crippen LogP contribution in [-0.2, 0) is 16.0 Å². The first-order valence-corrected chi connectivity index (χ1v) is 5.73. The summed E-state index contributed by atoms with van der Waals surface area (Å²) in [6.07, 6.45) is 0.185. The van der Waals surface area contributed by atoms with Crippen molar-refractivity contribution in [3.63, 3.8) is 0 Å². The Bertz CT molecular complexity index is 477. The summed E-state index contributed by atoms with van der Waals surface area (Å²) in [7, 11) is 0. The Balaban J connectivity index is 3.12. The zero-order chi connectivity index (χ0) is 14.4. The average Bonchev–Trinajstić information content (AvgIpc) is 2.33. The molecular formula is C12H11ClF2O4. The van der Waals surface area contributed by atoms with Gasteiger partial charge >= 0.3 is 12.6 Å². The van der Waals surface area contributed by atoms with Gasteiger partial charge in [0.2, 0.25) is 0 Å². The van der Waals surface area contributed by atoms with E-state index in [2.05, 4.69) is 4.74 Å². The first-order valence-electron chi connectivity index (χ1n) is 5.36. The second-order valence-corrected chi connectivity index (χ2v) is 3.88. The molecule has 0 bridgehead atoms. The molecule has 0 heterocycles. The highest BCUT2D eigenvalue weighted by atomic mass is 35.5. The molecule has 0 saturated heterocycles. The molecule has 0 aliphatic carbocycles. The Hall–Kier alpha value is -1.69. The minimum absolute atomic E-state index is 0.0772. The number of ether oxygens (including phenoxy) is 2. The molecule has 7 heteroatoms. The van der Waals surface area contributed by atoms with Gasteiger partial charge in [-0.3, -0.25) is 9.59 Å². The number of alkyl halides is 2. The molecule has 0 spiro atoms. The van der Waals surface area contributed by atoms with Crippen LogP contribution >= 0.6 is 11.6 Å². The maximum Gasteiger partial charge on any atom is 0.387 e. The predicted octanol–water partition coefficient (Wildman–Crippen LogP) is 2.86. The van der Waals surface area contributed by atoms with Crippen LogP contribution in [0.5, 0.6) is 5.75 Å². The zero-order valence-electron chi connectivity index (χ0n) is 9.99. The molecule has 0 atom stereocenters. The van der Waals surface area contributed by atoms with Gasteiger partial charge in [0, 0.05) is 11.1 Å². The summed E-state index contributed by atoms with van der Waals surface area (Å²) in [6, 6.07) is 2.44. The minimum Gasteiger partial charge on any atom is -0.466 e. The van der Waals surface area contributed by atoms with Gasteiger partial charge in [-0.25, -0.2) is 0 Å². The van der Waals surface area contributed by atoms with Crippen LogP contribution in [0.15, 0.2) is 12.1 Å². The first-order chi connectivity index (χ1) is 8.97. The molecule has 0 aromatic heterocycles. The molecule has 0 aliphatic heterocycles. The van der Waals surface area contributed by atoms with Crippen molar-refractivity contribution < 1.29 is 27.8 Å². The summed E-state index contributed by atoms with van der Waals surface area (Å²) >= 11 is 5.75. The number of aldehydes is 1. The molecule has 0 saturated carbocycles. The summed E-state index contributed by atoms with van der Waals surface area (Å²) in [5.74, 6) is -0.948. The lowest BCUT2D eigenvalue weighted by Crippen LogP contribution is -2.11. The van der Waals surface area contributed by atoms with Gasteiger partial charge in [0.25, 0.3) is 0 Å². The second-order valence-electron chi connectivity index (χ2n) is 3.47. The maximum atomic E-state index is 12.3. The van der Waals surface area contributed by atoms with Crippen molar-refractivity contribution in [3.05, 3.63) is 28.3 Å². The van der Waals surface area contributed by atoms with E-state index in [9.17, 15) is 18.4 Å². The normalized spacial score (nSPS) is 10.4. The van der Waals surface area contributed by atoms with Crippen molar-refractivity contribution in [3.8, 4) is 5.75 Å². The van der Waals surface area contributed by atoms with Crippen LogP contribution in [0.3, 0.4) is 0 Å². The highest BCUT2D eigenvalue weighted by Crippen LogP contribution is 2.32. The lowest BCUT2D eigenvalue weighted by atomic mass is 10.1. The Morgan fingerprint density at radius 3 is 2.68 bits per heavy atom. The van der Waals surface area contributed by atoms with Gasteiger partial charge in [0.05, 0.1) is 18.1 Å².